The molecule has 0 unspecified atom stereocenters. The van der Waals surface area contributed by atoms with E-state index >= 15 is 0 Å². The minimum Gasteiger partial charge on any atom is -0.338 e. The van der Waals surface area contributed by atoms with Crippen molar-refractivity contribution in [3.63, 3.8) is 0 Å². The highest BCUT2D eigenvalue weighted by Crippen LogP contribution is 2.33. The first-order chi connectivity index (χ1) is 13.9. The Bertz CT molecular complexity index is 1210. The summed E-state index contributed by atoms with van der Waals surface area (Å²) in [4.78, 5) is 15.5. The molecule has 1 saturated carbocycles. The molecule has 0 amide bonds. The SMILES string of the molecule is CS(=O)(=O)c1ccc(Nc2nn(C3CCCCC3)c3cc[nH]c(=O)c23)cc1CN. The molecule has 154 valence electrons. The van der Waals surface area contributed by atoms with Crippen molar-refractivity contribution in [1.29, 1.82) is 0 Å². The molecule has 1 aromatic carbocycles. The monoisotopic (exact) mass is 415 g/mol. The van der Waals surface area contributed by atoms with Crippen LogP contribution in [0.2, 0.25) is 0 Å². The first kappa shape index (κ1) is 19.7. The smallest absolute Gasteiger partial charge is 0.261 e. The van der Waals surface area contributed by atoms with E-state index in [4.69, 9.17) is 10.8 Å². The van der Waals surface area contributed by atoms with Crippen LogP contribution < -0.4 is 16.6 Å². The molecule has 8 nitrogen and oxygen atoms in total. The lowest BCUT2D eigenvalue weighted by Gasteiger charge is -2.22. The fraction of sp³-hybridized carbons (Fsp3) is 0.400. The normalized spacial score (nSPS) is 15.7. The van der Waals surface area contributed by atoms with Crippen LogP contribution in [0.3, 0.4) is 0 Å². The number of aromatic amines is 1. The van der Waals surface area contributed by atoms with E-state index < -0.39 is 9.84 Å². The molecule has 0 radical (unpaired) electrons. The number of hydrogen-bond donors (Lipinski definition) is 3. The van der Waals surface area contributed by atoms with Gasteiger partial charge in [0.1, 0.15) is 5.39 Å². The minimum absolute atomic E-state index is 0.0930. The lowest BCUT2D eigenvalue weighted by atomic mass is 9.95. The summed E-state index contributed by atoms with van der Waals surface area (Å²) in [5.74, 6) is 0.461. The van der Waals surface area contributed by atoms with E-state index in [1.165, 1.54) is 12.5 Å². The van der Waals surface area contributed by atoms with Crippen LogP contribution >= 0.6 is 0 Å². The van der Waals surface area contributed by atoms with Crippen molar-refractivity contribution in [1.82, 2.24) is 14.8 Å². The summed E-state index contributed by atoms with van der Waals surface area (Å²) in [5, 5.41) is 8.43. The highest BCUT2D eigenvalue weighted by molar-refractivity contribution is 7.90. The maximum Gasteiger partial charge on any atom is 0.261 e. The summed E-state index contributed by atoms with van der Waals surface area (Å²) in [6.45, 7) is 0.0930. The van der Waals surface area contributed by atoms with Gasteiger partial charge in [-0.3, -0.25) is 9.48 Å². The molecule has 0 spiro atoms. The predicted octanol–water partition coefficient (Wildman–Crippen LogP) is 2.84. The summed E-state index contributed by atoms with van der Waals surface area (Å²) < 4.78 is 25.8. The van der Waals surface area contributed by atoms with Crippen LogP contribution in [0.4, 0.5) is 11.5 Å². The number of anilines is 2. The van der Waals surface area contributed by atoms with E-state index in [1.807, 2.05) is 10.7 Å². The summed E-state index contributed by atoms with van der Waals surface area (Å²) in [6.07, 6.45) is 8.44. The Morgan fingerprint density at radius 1 is 1.24 bits per heavy atom. The number of nitrogens with one attached hydrogen (secondary N) is 2. The second-order valence-corrected chi connectivity index (χ2v) is 9.56. The van der Waals surface area contributed by atoms with Gasteiger partial charge in [0, 0.05) is 24.7 Å². The molecule has 0 saturated heterocycles. The number of rotatable bonds is 5. The lowest BCUT2D eigenvalue weighted by Crippen LogP contribution is -2.14. The molecule has 2 aromatic heterocycles. The van der Waals surface area contributed by atoms with Crippen molar-refractivity contribution in [2.45, 2.75) is 49.6 Å². The third-order valence-electron chi connectivity index (χ3n) is 5.49. The van der Waals surface area contributed by atoms with E-state index in [1.54, 1.807) is 18.3 Å². The van der Waals surface area contributed by atoms with Gasteiger partial charge in [0.25, 0.3) is 5.56 Å². The first-order valence-electron chi connectivity index (χ1n) is 9.78. The van der Waals surface area contributed by atoms with Gasteiger partial charge < -0.3 is 16.0 Å². The van der Waals surface area contributed by atoms with Crippen molar-refractivity contribution < 1.29 is 8.42 Å². The number of H-pyrrole nitrogens is 1. The average molecular weight is 416 g/mol. The molecular formula is C20H25N5O3S. The quantitative estimate of drug-likeness (QED) is 0.589. The molecule has 29 heavy (non-hydrogen) atoms. The van der Waals surface area contributed by atoms with Crippen LogP contribution in [-0.2, 0) is 16.4 Å². The Hall–Kier alpha value is -2.65. The Balaban J connectivity index is 1.78. The molecule has 0 atom stereocenters. The number of nitrogens with zero attached hydrogens (tertiary/aromatic N) is 2. The van der Waals surface area contributed by atoms with Crippen molar-refractivity contribution in [2.75, 3.05) is 11.6 Å². The van der Waals surface area contributed by atoms with Crippen molar-refractivity contribution >= 4 is 32.2 Å². The number of hydrogen-bond acceptors (Lipinski definition) is 6. The third-order valence-corrected chi connectivity index (χ3v) is 6.69. The molecule has 0 aliphatic heterocycles. The molecule has 3 aromatic rings. The van der Waals surface area contributed by atoms with Gasteiger partial charge in [-0.15, -0.1) is 0 Å². The van der Waals surface area contributed by atoms with E-state index in [0.29, 0.717) is 22.5 Å². The van der Waals surface area contributed by atoms with E-state index in [0.717, 1.165) is 37.5 Å². The second kappa shape index (κ2) is 7.64. The second-order valence-electron chi connectivity index (χ2n) is 7.58. The highest BCUT2D eigenvalue weighted by atomic mass is 32.2. The summed E-state index contributed by atoms with van der Waals surface area (Å²) in [6, 6.07) is 7.04. The van der Waals surface area contributed by atoms with Crippen molar-refractivity contribution in [3.05, 3.63) is 46.4 Å². The molecule has 4 rings (SSSR count). The molecule has 1 aliphatic carbocycles. The lowest BCUT2D eigenvalue weighted by molar-refractivity contribution is 0.338. The molecule has 1 aliphatic rings. The fourth-order valence-electron chi connectivity index (χ4n) is 4.11. The van der Waals surface area contributed by atoms with Crippen LogP contribution in [0.1, 0.15) is 43.7 Å². The topological polar surface area (TPSA) is 123 Å². The maximum absolute atomic E-state index is 12.5. The van der Waals surface area contributed by atoms with Crippen molar-refractivity contribution in [3.8, 4) is 0 Å². The van der Waals surface area contributed by atoms with E-state index in [2.05, 4.69) is 10.3 Å². The highest BCUT2D eigenvalue weighted by Gasteiger charge is 2.22. The van der Waals surface area contributed by atoms with Gasteiger partial charge in [-0.25, -0.2) is 8.42 Å². The number of pyridine rings is 1. The Kier molecular flexibility index (Phi) is 5.18. The van der Waals surface area contributed by atoms with Crippen LogP contribution in [0.25, 0.3) is 10.9 Å². The van der Waals surface area contributed by atoms with Gasteiger partial charge in [-0.2, -0.15) is 5.10 Å². The molecule has 0 bridgehead atoms. The Morgan fingerprint density at radius 3 is 2.69 bits per heavy atom. The maximum atomic E-state index is 12.5. The minimum atomic E-state index is -3.37. The van der Waals surface area contributed by atoms with Gasteiger partial charge in [0.2, 0.25) is 0 Å². The summed E-state index contributed by atoms with van der Waals surface area (Å²) in [5.41, 5.74) is 7.50. The number of fused-ring (bicyclic) bond motifs is 1. The first-order valence-corrected chi connectivity index (χ1v) is 11.7. The van der Waals surface area contributed by atoms with Gasteiger partial charge >= 0.3 is 0 Å². The number of benzene rings is 1. The number of sulfone groups is 1. The van der Waals surface area contributed by atoms with Gasteiger partial charge in [-0.1, -0.05) is 19.3 Å². The average Bonchev–Trinajstić information content (AvgIpc) is 3.07. The standard InChI is InChI=1S/C20H25N5O3S/c1-29(27,28)17-8-7-14(11-13(17)12-21)23-19-18-16(9-10-22-20(18)26)25(24-19)15-5-3-2-4-6-15/h7-11,15H,2-6,12,21H2,1H3,(H,22,26)(H,23,24). The van der Waals surface area contributed by atoms with Gasteiger partial charge in [0.15, 0.2) is 15.7 Å². The van der Waals surface area contributed by atoms with Crippen LogP contribution in [0, 0.1) is 0 Å². The fourth-order valence-corrected chi connectivity index (χ4v) is 5.04. The molecule has 9 heteroatoms. The Morgan fingerprint density at radius 2 is 2.00 bits per heavy atom. The van der Waals surface area contributed by atoms with E-state index in [9.17, 15) is 13.2 Å². The third kappa shape index (κ3) is 3.79. The largest absolute Gasteiger partial charge is 0.338 e. The number of aromatic nitrogens is 3. The summed E-state index contributed by atoms with van der Waals surface area (Å²) in [7, 11) is -3.37. The number of nitrogens with two attached hydrogens (primary N) is 1. The van der Waals surface area contributed by atoms with Gasteiger partial charge in [-0.05, 0) is 42.7 Å². The van der Waals surface area contributed by atoms with Crippen LogP contribution in [0.15, 0.2) is 40.2 Å². The molecule has 1 fully saturated rings. The Labute approximate surface area is 169 Å². The van der Waals surface area contributed by atoms with Crippen LogP contribution in [-0.4, -0.2) is 29.4 Å². The predicted molar refractivity (Wildman–Crippen MR) is 113 cm³/mol. The molecule has 4 N–H and O–H groups in total. The zero-order chi connectivity index (χ0) is 20.6. The zero-order valence-corrected chi connectivity index (χ0v) is 17.1. The van der Waals surface area contributed by atoms with Crippen LogP contribution in [0.5, 0.6) is 0 Å². The van der Waals surface area contributed by atoms with Gasteiger partial charge in [0.05, 0.1) is 16.5 Å². The van der Waals surface area contributed by atoms with E-state index in [-0.39, 0.29) is 23.0 Å². The molecule has 2 heterocycles. The summed E-state index contributed by atoms with van der Waals surface area (Å²) >= 11 is 0. The zero-order valence-electron chi connectivity index (χ0n) is 16.3. The molecular weight excluding hydrogens is 390 g/mol. The van der Waals surface area contributed by atoms with Crippen molar-refractivity contribution in [2.24, 2.45) is 5.73 Å².